The summed E-state index contributed by atoms with van der Waals surface area (Å²) in [6.45, 7) is 3.04. The summed E-state index contributed by atoms with van der Waals surface area (Å²) in [5, 5.41) is 3.50. The molecule has 0 aromatic heterocycles. The van der Waals surface area contributed by atoms with Crippen LogP contribution in [0, 0.1) is 6.92 Å². The minimum atomic E-state index is -4.15. The summed E-state index contributed by atoms with van der Waals surface area (Å²) in [6, 6.07) is 19.7. The monoisotopic (exact) mass is 659 g/mol. The number of sulfonamides is 1. The molecule has 4 rings (SSSR count). The Morgan fingerprint density at radius 3 is 2.29 bits per heavy atom. The Hall–Kier alpha value is -2.88. The third kappa shape index (κ3) is 7.70. The molecule has 3 aromatic rings. The molecule has 0 saturated heterocycles. The SMILES string of the molecule is Cc1c(Cl)cccc1N(CC(=O)N(Cc1ccc(Br)cc1)[C@H](C)C(=O)NC1CCCCC1)S(=O)(=O)c1ccccc1. The highest BCUT2D eigenvalue weighted by atomic mass is 79.9. The largest absolute Gasteiger partial charge is 0.352 e. The lowest BCUT2D eigenvalue weighted by Gasteiger charge is -2.33. The highest BCUT2D eigenvalue weighted by Gasteiger charge is 2.34. The van der Waals surface area contributed by atoms with Crippen LogP contribution in [0.15, 0.2) is 82.2 Å². The second-order valence-corrected chi connectivity index (χ2v) is 13.6. The summed E-state index contributed by atoms with van der Waals surface area (Å²) in [6.07, 6.45) is 5.11. The van der Waals surface area contributed by atoms with Gasteiger partial charge in [0.15, 0.2) is 0 Å². The highest BCUT2D eigenvalue weighted by molar-refractivity contribution is 9.10. The summed E-state index contributed by atoms with van der Waals surface area (Å²) < 4.78 is 29.9. The Morgan fingerprint density at radius 1 is 0.976 bits per heavy atom. The maximum absolute atomic E-state index is 14.1. The summed E-state index contributed by atoms with van der Waals surface area (Å²) in [4.78, 5) is 29.0. The van der Waals surface area contributed by atoms with Gasteiger partial charge in [-0.25, -0.2) is 8.42 Å². The molecule has 1 aliphatic carbocycles. The number of rotatable bonds is 10. The molecular weight excluding hydrogens is 626 g/mol. The molecule has 0 aliphatic heterocycles. The van der Waals surface area contributed by atoms with E-state index in [2.05, 4.69) is 21.2 Å². The van der Waals surface area contributed by atoms with Crippen molar-refractivity contribution in [3.8, 4) is 0 Å². The number of hydrogen-bond donors (Lipinski definition) is 1. The maximum atomic E-state index is 14.1. The zero-order valence-electron chi connectivity index (χ0n) is 23.2. The molecule has 0 heterocycles. The van der Waals surface area contributed by atoms with Crippen molar-refractivity contribution in [3.63, 3.8) is 0 Å². The van der Waals surface area contributed by atoms with E-state index in [4.69, 9.17) is 11.6 Å². The van der Waals surface area contributed by atoms with Crippen LogP contribution >= 0.6 is 27.5 Å². The number of hydrogen-bond acceptors (Lipinski definition) is 4. The highest BCUT2D eigenvalue weighted by Crippen LogP contribution is 2.31. The Balaban J connectivity index is 1.69. The van der Waals surface area contributed by atoms with Crippen LogP contribution in [0.4, 0.5) is 5.69 Å². The molecule has 0 unspecified atom stereocenters. The molecule has 7 nitrogen and oxygen atoms in total. The summed E-state index contributed by atoms with van der Waals surface area (Å²) in [7, 11) is -4.15. The molecule has 3 aromatic carbocycles. The van der Waals surface area contributed by atoms with Gasteiger partial charge in [0.2, 0.25) is 11.8 Å². The van der Waals surface area contributed by atoms with Gasteiger partial charge in [-0.1, -0.05) is 83.2 Å². The lowest BCUT2D eigenvalue weighted by Crippen LogP contribution is -2.53. The average Bonchev–Trinajstić information content (AvgIpc) is 2.97. The predicted octanol–water partition coefficient (Wildman–Crippen LogP) is 6.47. The molecule has 2 amide bonds. The maximum Gasteiger partial charge on any atom is 0.264 e. The van der Waals surface area contributed by atoms with Crippen LogP contribution in [0.25, 0.3) is 0 Å². The molecule has 0 spiro atoms. The number of benzene rings is 3. The molecule has 0 bridgehead atoms. The van der Waals surface area contributed by atoms with Gasteiger partial charge in [0.25, 0.3) is 10.0 Å². The first-order chi connectivity index (χ1) is 19.6. The van der Waals surface area contributed by atoms with Crippen molar-refractivity contribution < 1.29 is 18.0 Å². The summed E-state index contributed by atoms with van der Waals surface area (Å²) in [5.74, 6) is -0.753. The fourth-order valence-corrected chi connectivity index (χ4v) is 6.96. The van der Waals surface area contributed by atoms with Crippen LogP contribution in [0.3, 0.4) is 0 Å². The van der Waals surface area contributed by atoms with E-state index in [1.807, 2.05) is 24.3 Å². The van der Waals surface area contributed by atoms with Gasteiger partial charge in [0.1, 0.15) is 12.6 Å². The zero-order chi connectivity index (χ0) is 29.6. The lowest BCUT2D eigenvalue weighted by molar-refractivity contribution is -0.139. The number of carbonyl (C=O) groups excluding carboxylic acids is 2. The summed E-state index contributed by atoms with van der Waals surface area (Å²) in [5.41, 5.74) is 1.65. The first-order valence-electron chi connectivity index (χ1n) is 13.7. The van der Waals surface area contributed by atoms with Gasteiger partial charge in [0.05, 0.1) is 10.6 Å². The van der Waals surface area contributed by atoms with Crippen LogP contribution in [0.1, 0.15) is 50.2 Å². The number of anilines is 1. The smallest absolute Gasteiger partial charge is 0.264 e. The molecule has 10 heteroatoms. The van der Waals surface area contributed by atoms with E-state index in [-0.39, 0.29) is 23.4 Å². The molecule has 1 saturated carbocycles. The van der Waals surface area contributed by atoms with Crippen molar-refractivity contribution in [1.29, 1.82) is 0 Å². The van der Waals surface area contributed by atoms with Gasteiger partial charge in [-0.2, -0.15) is 0 Å². The first-order valence-corrected chi connectivity index (χ1v) is 16.4. The van der Waals surface area contributed by atoms with Crippen LogP contribution in [0.5, 0.6) is 0 Å². The zero-order valence-corrected chi connectivity index (χ0v) is 26.4. The fourth-order valence-electron chi connectivity index (χ4n) is 5.04. The van der Waals surface area contributed by atoms with Crippen molar-refractivity contribution in [2.75, 3.05) is 10.8 Å². The molecule has 41 heavy (non-hydrogen) atoms. The second kappa shape index (κ2) is 13.9. The van der Waals surface area contributed by atoms with Crippen molar-refractivity contribution >= 4 is 55.1 Å². The first kappa shape index (κ1) is 31.1. The van der Waals surface area contributed by atoms with E-state index in [1.54, 1.807) is 50.2 Å². The van der Waals surface area contributed by atoms with E-state index in [0.29, 0.717) is 16.3 Å². The predicted molar refractivity (Wildman–Crippen MR) is 166 cm³/mol. The van der Waals surface area contributed by atoms with Gasteiger partial charge in [-0.15, -0.1) is 0 Å². The van der Waals surface area contributed by atoms with E-state index < -0.39 is 28.5 Å². The fraction of sp³-hybridized carbons (Fsp3) is 0.355. The van der Waals surface area contributed by atoms with Crippen LogP contribution < -0.4 is 9.62 Å². The van der Waals surface area contributed by atoms with Crippen molar-refractivity contribution in [1.82, 2.24) is 10.2 Å². The average molecular weight is 661 g/mol. The molecule has 0 radical (unpaired) electrons. The molecule has 1 fully saturated rings. The number of amides is 2. The van der Waals surface area contributed by atoms with Crippen LogP contribution in [0.2, 0.25) is 5.02 Å². The normalized spacial score (nSPS) is 14.7. The van der Waals surface area contributed by atoms with Crippen LogP contribution in [-0.2, 0) is 26.2 Å². The standard InChI is InChI=1S/C31H35BrClN3O4S/c1-22-28(33)14-9-15-29(22)36(41(39,40)27-12-7-4-8-13-27)21-30(37)35(20-24-16-18-25(32)19-17-24)23(2)31(38)34-26-10-5-3-6-11-26/h4,7-9,12-19,23,26H,3,5-6,10-11,20-21H2,1-2H3,(H,34,38)/t23-/m1/s1. The quantitative estimate of drug-likeness (QED) is 0.270. The minimum Gasteiger partial charge on any atom is -0.352 e. The molecule has 218 valence electrons. The molecule has 1 atom stereocenters. The minimum absolute atomic E-state index is 0.0507. The van der Waals surface area contributed by atoms with Crippen molar-refractivity contribution in [2.45, 2.75) is 69.5 Å². The van der Waals surface area contributed by atoms with E-state index >= 15 is 0 Å². The Bertz CT molecular complexity index is 1460. The topological polar surface area (TPSA) is 86.8 Å². The van der Waals surface area contributed by atoms with E-state index in [9.17, 15) is 18.0 Å². The molecular formula is C31H35BrClN3O4S. The van der Waals surface area contributed by atoms with Gasteiger partial charge < -0.3 is 10.2 Å². The number of halogens is 2. The Kier molecular flexibility index (Phi) is 10.5. The van der Waals surface area contributed by atoms with Crippen LogP contribution in [-0.4, -0.2) is 43.8 Å². The Labute approximate surface area is 256 Å². The third-order valence-electron chi connectivity index (χ3n) is 7.50. The molecule has 1 aliphatic rings. The molecule has 1 N–H and O–H groups in total. The van der Waals surface area contributed by atoms with E-state index in [0.717, 1.165) is 46.4 Å². The number of nitrogens with one attached hydrogen (secondary N) is 1. The van der Waals surface area contributed by atoms with Crippen molar-refractivity contribution in [3.05, 3.63) is 93.4 Å². The van der Waals surface area contributed by atoms with Gasteiger partial charge >= 0.3 is 0 Å². The third-order valence-corrected chi connectivity index (χ3v) is 10.2. The number of nitrogens with zero attached hydrogens (tertiary/aromatic N) is 2. The van der Waals surface area contributed by atoms with Crippen molar-refractivity contribution in [2.24, 2.45) is 0 Å². The Morgan fingerprint density at radius 2 is 1.63 bits per heavy atom. The van der Waals surface area contributed by atoms with Gasteiger partial charge in [-0.3, -0.25) is 13.9 Å². The summed E-state index contributed by atoms with van der Waals surface area (Å²) >= 11 is 9.82. The lowest BCUT2D eigenvalue weighted by atomic mass is 9.95. The van der Waals surface area contributed by atoms with E-state index in [1.165, 1.54) is 17.0 Å². The number of carbonyl (C=O) groups is 2. The van der Waals surface area contributed by atoms with Gasteiger partial charge in [-0.05, 0) is 74.2 Å². The van der Waals surface area contributed by atoms with Gasteiger partial charge in [0, 0.05) is 22.1 Å². The second-order valence-electron chi connectivity index (χ2n) is 10.4.